The van der Waals surface area contributed by atoms with Gasteiger partial charge in [0.05, 0.1) is 0 Å². The summed E-state index contributed by atoms with van der Waals surface area (Å²) in [7, 11) is 0. The van der Waals surface area contributed by atoms with Gasteiger partial charge in [-0.05, 0) is 37.3 Å². The molecule has 1 rings (SSSR count). The van der Waals surface area contributed by atoms with Gasteiger partial charge in [0.1, 0.15) is 0 Å². The Morgan fingerprint density at radius 1 is 1.39 bits per heavy atom. The summed E-state index contributed by atoms with van der Waals surface area (Å²) >= 11 is 3.56. The van der Waals surface area contributed by atoms with E-state index in [1.54, 1.807) is 0 Å². The van der Waals surface area contributed by atoms with Crippen molar-refractivity contribution in [2.45, 2.75) is 44.4 Å². The zero-order valence-corrected chi connectivity index (χ0v) is 12.8. The second-order valence-corrected chi connectivity index (χ2v) is 5.87. The summed E-state index contributed by atoms with van der Waals surface area (Å²) < 4.78 is 0. The monoisotopic (exact) mass is 311 g/mol. The number of halogens is 1. The Morgan fingerprint density at radius 3 is 2.78 bits per heavy atom. The maximum atomic E-state index is 11.7. The first-order valence-electron chi connectivity index (χ1n) is 6.58. The highest BCUT2D eigenvalue weighted by Gasteiger charge is 2.05. The molecule has 1 unspecified atom stereocenters. The number of aryl methyl sites for hydroxylation is 2. The molecule has 1 N–H and O–H groups in total. The number of hydrogen-bond donors (Lipinski definition) is 1. The topological polar surface area (TPSA) is 29.1 Å². The molecule has 0 fully saturated rings. The van der Waals surface area contributed by atoms with Gasteiger partial charge in [-0.3, -0.25) is 4.79 Å². The molecule has 0 aromatic heterocycles. The first-order valence-corrected chi connectivity index (χ1v) is 7.50. The normalized spacial score (nSPS) is 12.2. The van der Waals surface area contributed by atoms with Crippen LogP contribution in [0, 0.1) is 6.92 Å². The number of carbonyl (C=O) groups excluding carboxylic acids is 1. The highest BCUT2D eigenvalue weighted by atomic mass is 79.9. The minimum absolute atomic E-state index is 0.147. The third-order valence-corrected chi connectivity index (χ3v) is 4.21. The molecule has 0 saturated carbocycles. The fourth-order valence-corrected chi connectivity index (χ4v) is 2.03. The lowest BCUT2D eigenvalue weighted by molar-refractivity contribution is -0.121. The smallest absolute Gasteiger partial charge is 0.220 e. The van der Waals surface area contributed by atoms with Crippen LogP contribution in [0.1, 0.15) is 37.3 Å². The van der Waals surface area contributed by atoms with E-state index in [4.69, 9.17) is 0 Å². The SMILES string of the molecule is CCC(Br)CCNC(=O)CCc1ccccc1C. The van der Waals surface area contributed by atoms with E-state index in [0.717, 1.165) is 25.8 Å². The van der Waals surface area contributed by atoms with E-state index in [0.29, 0.717) is 11.2 Å². The zero-order valence-electron chi connectivity index (χ0n) is 11.2. The van der Waals surface area contributed by atoms with Crippen LogP contribution in [-0.2, 0) is 11.2 Å². The number of amides is 1. The zero-order chi connectivity index (χ0) is 13.4. The highest BCUT2D eigenvalue weighted by Crippen LogP contribution is 2.10. The Bertz CT molecular complexity index is 379. The summed E-state index contributed by atoms with van der Waals surface area (Å²) in [6.07, 6.45) is 3.49. The van der Waals surface area contributed by atoms with Crippen LogP contribution in [0.2, 0.25) is 0 Å². The molecule has 0 saturated heterocycles. The molecule has 0 radical (unpaired) electrons. The van der Waals surface area contributed by atoms with Gasteiger partial charge in [0.15, 0.2) is 0 Å². The highest BCUT2D eigenvalue weighted by molar-refractivity contribution is 9.09. The third kappa shape index (κ3) is 5.67. The second-order valence-electron chi connectivity index (χ2n) is 4.57. The van der Waals surface area contributed by atoms with Gasteiger partial charge < -0.3 is 5.32 Å². The van der Waals surface area contributed by atoms with E-state index < -0.39 is 0 Å². The quantitative estimate of drug-likeness (QED) is 0.766. The molecule has 3 heteroatoms. The van der Waals surface area contributed by atoms with E-state index in [1.165, 1.54) is 11.1 Å². The van der Waals surface area contributed by atoms with Crippen molar-refractivity contribution in [2.75, 3.05) is 6.54 Å². The second kappa shape index (κ2) is 8.30. The maximum Gasteiger partial charge on any atom is 0.220 e. The Balaban J connectivity index is 2.23. The van der Waals surface area contributed by atoms with Gasteiger partial charge in [0.2, 0.25) is 5.91 Å². The van der Waals surface area contributed by atoms with Crippen molar-refractivity contribution in [1.82, 2.24) is 5.32 Å². The van der Waals surface area contributed by atoms with Crippen LogP contribution >= 0.6 is 15.9 Å². The summed E-state index contributed by atoms with van der Waals surface area (Å²) in [4.78, 5) is 12.2. The van der Waals surface area contributed by atoms with Gasteiger partial charge in [0.25, 0.3) is 0 Å². The summed E-state index contributed by atoms with van der Waals surface area (Å²) in [6, 6.07) is 8.23. The van der Waals surface area contributed by atoms with Crippen LogP contribution in [0.3, 0.4) is 0 Å². The van der Waals surface area contributed by atoms with Crippen molar-refractivity contribution >= 4 is 21.8 Å². The minimum Gasteiger partial charge on any atom is -0.356 e. The number of hydrogen-bond acceptors (Lipinski definition) is 1. The fourth-order valence-electron chi connectivity index (χ4n) is 1.80. The summed E-state index contributed by atoms with van der Waals surface area (Å²) in [5.41, 5.74) is 2.52. The van der Waals surface area contributed by atoms with E-state index >= 15 is 0 Å². The summed E-state index contributed by atoms with van der Waals surface area (Å²) in [5, 5.41) is 2.97. The number of rotatable bonds is 7. The van der Waals surface area contributed by atoms with Gasteiger partial charge in [-0.25, -0.2) is 0 Å². The van der Waals surface area contributed by atoms with Gasteiger partial charge in [-0.15, -0.1) is 0 Å². The van der Waals surface area contributed by atoms with Gasteiger partial charge in [0, 0.05) is 17.8 Å². The number of nitrogens with one attached hydrogen (secondary N) is 1. The Labute approximate surface area is 118 Å². The number of alkyl halides is 1. The van der Waals surface area contributed by atoms with Crippen molar-refractivity contribution in [3.05, 3.63) is 35.4 Å². The molecular formula is C15H22BrNO. The first kappa shape index (κ1) is 15.2. The lowest BCUT2D eigenvalue weighted by Crippen LogP contribution is -2.26. The van der Waals surface area contributed by atoms with Crippen LogP contribution < -0.4 is 5.32 Å². The molecule has 100 valence electrons. The molecule has 0 aliphatic carbocycles. The Morgan fingerprint density at radius 2 is 2.11 bits per heavy atom. The van der Waals surface area contributed by atoms with Crippen molar-refractivity contribution < 1.29 is 4.79 Å². The van der Waals surface area contributed by atoms with Crippen molar-refractivity contribution in [2.24, 2.45) is 0 Å². The first-order chi connectivity index (χ1) is 8.63. The molecule has 1 aromatic rings. The molecule has 18 heavy (non-hydrogen) atoms. The van der Waals surface area contributed by atoms with Crippen LogP contribution in [0.5, 0.6) is 0 Å². The van der Waals surface area contributed by atoms with Gasteiger partial charge >= 0.3 is 0 Å². The number of carbonyl (C=O) groups is 1. The average molecular weight is 312 g/mol. The summed E-state index contributed by atoms with van der Waals surface area (Å²) in [6.45, 7) is 4.99. The van der Waals surface area contributed by atoms with Crippen molar-refractivity contribution in [3.63, 3.8) is 0 Å². The van der Waals surface area contributed by atoms with E-state index in [-0.39, 0.29) is 5.91 Å². The lowest BCUT2D eigenvalue weighted by atomic mass is 10.0. The van der Waals surface area contributed by atoms with Gasteiger partial charge in [-0.2, -0.15) is 0 Å². The average Bonchev–Trinajstić information content (AvgIpc) is 2.37. The predicted octanol–water partition coefficient (Wildman–Crippen LogP) is 3.61. The molecule has 1 atom stereocenters. The minimum atomic E-state index is 0.147. The van der Waals surface area contributed by atoms with E-state index in [9.17, 15) is 4.79 Å². The third-order valence-electron chi connectivity index (χ3n) is 3.11. The molecule has 0 aliphatic heterocycles. The molecule has 1 aromatic carbocycles. The molecular weight excluding hydrogens is 290 g/mol. The molecule has 1 amide bonds. The van der Waals surface area contributed by atoms with Crippen molar-refractivity contribution in [3.8, 4) is 0 Å². The molecule has 0 bridgehead atoms. The van der Waals surface area contributed by atoms with Crippen molar-refractivity contribution in [1.29, 1.82) is 0 Å². The standard InChI is InChI=1S/C15H22BrNO/c1-3-14(16)10-11-17-15(18)9-8-13-7-5-4-6-12(13)2/h4-7,14H,3,8-11H2,1-2H3,(H,17,18). The van der Waals surface area contributed by atoms with E-state index in [1.807, 2.05) is 12.1 Å². The summed E-state index contributed by atoms with van der Waals surface area (Å²) in [5.74, 6) is 0.147. The Kier molecular flexibility index (Phi) is 7.02. The van der Waals surface area contributed by atoms with Crippen LogP contribution in [0.15, 0.2) is 24.3 Å². The number of benzene rings is 1. The van der Waals surface area contributed by atoms with Gasteiger partial charge in [-0.1, -0.05) is 47.1 Å². The maximum absolute atomic E-state index is 11.7. The Hall–Kier alpha value is -0.830. The molecule has 0 spiro atoms. The largest absolute Gasteiger partial charge is 0.356 e. The van der Waals surface area contributed by atoms with Crippen LogP contribution in [0.25, 0.3) is 0 Å². The van der Waals surface area contributed by atoms with Crippen LogP contribution in [0.4, 0.5) is 0 Å². The predicted molar refractivity (Wildman–Crippen MR) is 80.1 cm³/mol. The van der Waals surface area contributed by atoms with Crippen LogP contribution in [-0.4, -0.2) is 17.3 Å². The van der Waals surface area contributed by atoms with E-state index in [2.05, 4.69) is 47.2 Å². The lowest BCUT2D eigenvalue weighted by Gasteiger charge is -2.09. The molecule has 0 heterocycles. The fraction of sp³-hybridized carbons (Fsp3) is 0.533. The molecule has 2 nitrogen and oxygen atoms in total. The molecule has 0 aliphatic rings.